The number of imidazole rings is 1. The van der Waals surface area contributed by atoms with Crippen molar-refractivity contribution in [2.75, 3.05) is 5.32 Å². The Bertz CT molecular complexity index is 1030. The van der Waals surface area contributed by atoms with Crippen molar-refractivity contribution in [3.05, 3.63) is 66.6 Å². The summed E-state index contributed by atoms with van der Waals surface area (Å²) in [6.07, 6.45) is 1.80. The van der Waals surface area contributed by atoms with Crippen molar-refractivity contribution in [2.24, 2.45) is 7.05 Å². The number of hydrogen-bond donors (Lipinski definition) is 1. The third-order valence-electron chi connectivity index (χ3n) is 3.78. The SMILES string of the molecule is Cc1cc(Oc2ccccc2)nc(Nc2ccc3c(c2)ncn3C)n1. The molecule has 25 heavy (non-hydrogen) atoms. The molecule has 0 fully saturated rings. The standard InChI is InChI=1S/C19H17N5O/c1-13-10-18(25-15-6-4-3-5-7-15)23-19(21-13)22-14-8-9-17-16(11-14)20-12-24(17)2/h3-12H,1-2H3,(H,21,22,23). The minimum absolute atomic E-state index is 0.487. The Labute approximate surface area is 145 Å². The van der Waals surface area contributed by atoms with Crippen LogP contribution in [0.15, 0.2) is 60.9 Å². The van der Waals surface area contributed by atoms with Crippen LogP contribution in [0.3, 0.4) is 0 Å². The van der Waals surface area contributed by atoms with Gasteiger partial charge in [0.15, 0.2) is 0 Å². The average Bonchev–Trinajstić information content (AvgIpc) is 2.96. The molecule has 4 rings (SSSR count). The Kier molecular flexibility index (Phi) is 3.78. The quantitative estimate of drug-likeness (QED) is 0.607. The van der Waals surface area contributed by atoms with Crippen LogP contribution in [0.1, 0.15) is 5.69 Å². The highest BCUT2D eigenvalue weighted by atomic mass is 16.5. The first-order valence-electron chi connectivity index (χ1n) is 7.94. The number of aromatic nitrogens is 4. The normalized spacial score (nSPS) is 10.8. The van der Waals surface area contributed by atoms with Gasteiger partial charge in [0, 0.05) is 24.5 Å². The predicted molar refractivity (Wildman–Crippen MR) is 97.3 cm³/mol. The van der Waals surface area contributed by atoms with E-state index in [0.717, 1.165) is 28.2 Å². The number of nitrogens with zero attached hydrogens (tertiary/aromatic N) is 4. The summed E-state index contributed by atoms with van der Waals surface area (Å²) in [6.45, 7) is 1.91. The molecule has 0 saturated heterocycles. The van der Waals surface area contributed by atoms with E-state index >= 15 is 0 Å². The number of para-hydroxylation sites is 1. The molecule has 0 aliphatic rings. The summed E-state index contributed by atoms with van der Waals surface area (Å²) in [6, 6.07) is 17.3. The van der Waals surface area contributed by atoms with Crippen LogP contribution in [0.5, 0.6) is 11.6 Å². The summed E-state index contributed by atoms with van der Waals surface area (Å²) in [5.74, 6) is 1.72. The highest BCUT2D eigenvalue weighted by molar-refractivity contribution is 5.80. The van der Waals surface area contributed by atoms with E-state index in [4.69, 9.17) is 4.74 Å². The molecule has 0 aliphatic carbocycles. The van der Waals surface area contributed by atoms with Crippen LogP contribution < -0.4 is 10.1 Å². The fraction of sp³-hybridized carbons (Fsp3) is 0.105. The minimum atomic E-state index is 0.487. The predicted octanol–water partition coefficient (Wildman–Crippen LogP) is 4.21. The molecule has 2 heterocycles. The number of anilines is 2. The largest absolute Gasteiger partial charge is 0.439 e. The van der Waals surface area contributed by atoms with E-state index in [2.05, 4.69) is 20.3 Å². The molecule has 0 unspecified atom stereocenters. The maximum atomic E-state index is 5.80. The zero-order chi connectivity index (χ0) is 17.2. The van der Waals surface area contributed by atoms with E-state index in [1.165, 1.54) is 0 Å². The van der Waals surface area contributed by atoms with Crippen molar-refractivity contribution in [1.29, 1.82) is 0 Å². The van der Waals surface area contributed by atoms with E-state index in [1.54, 1.807) is 12.4 Å². The molecular weight excluding hydrogens is 314 g/mol. The third kappa shape index (κ3) is 3.28. The van der Waals surface area contributed by atoms with Gasteiger partial charge in [0.25, 0.3) is 0 Å². The molecule has 0 amide bonds. The first-order valence-corrected chi connectivity index (χ1v) is 7.94. The van der Waals surface area contributed by atoms with Crippen molar-refractivity contribution >= 4 is 22.7 Å². The first-order chi connectivity index (χ1) is 12.2. The number of fused-ring (bicyclic) bond motifs is 1. The second kappa shape index (κ2) is 6.24. The fourth-order valence-electron chi connectivity index (χ4n) is 2.60. The molecule has 2 aromatic heterocycles. The number of benzene rings is 2. The van der Waals surface area contributed by atoms with Crippen LogP contribution >= 0.6 is 0 Å². The average molecular weight is 331 g/mol. The van der Waals surface area contributed by atoms with Crippen molar-refractivity contribution < 1.29 is 4.74 Å². The molecule has 124 valence electrons. The zero-order valence-corrected chi connectivity index (χ0v) is 14.0. The molecule has 0 bridgehead atoms. The van der Waals surface area contributed by atoms with E-state index in [9.17, 15) is 0 Å². The lowest BCUT2D eigenvalue weighted by molar-refractivity contribution is 0.462. The third-order valence-corrected chi connectivity index (χ3v) is 3.78. The van der Waals surface area contributed by atoms with E-state index in [-0.39, 0.29) is 0 Å². The molecule has 0 radical (unpaired) electrons. The van der Waals surface area contributed by atoms with Crippen LogP contribution in [0.4, 0.5) is 11.6 Å². The summed E-state index contributed by atoms with van der Waals surface area (Å²) < 4.78 is 7.78. The molecule has 1 N–H and O–H groups in total. The van der Waals surface area contributed by atoms with Gasteiger partial charge in [-0.25, -0.2) is 9.97 Å². The monoisotopic (exact) mass is 331 g/mol. The van der Waals surface area contributed by atoms with Gasteiger partial charge >= 0.3 is 0 Å². The summed E-state index contributed by atoms with van der Waals surface area (Å²) >= 11 is 0. The second-order valence-electron chi connectivity index (χ2n) is 5.77. The van der Waals surface area contributed by atoms with Crippen LogP contribution in [0, 0.1) is 6.92 Å². The van der Waals surface area contributed by atoms with Crippen molar-refractivity contribution in [2.45, 2.75) is 6.92 Å². The van der Waals surface area contributed by atoms with E-state index < -0.39 is 0 Å². The molecule has 6 heteroatoms. The van der Waals surface area contributed by atoms with Gasteiger partial charge < -0.3 is 14.6 Å². The van der Waals surface area contributed by atoms with Crippen LogP contribution in [-0.2, 0) is 7.05 Å². The number of ether oxygens (including phenoxy) is 1. The Hall–Kier alpha value is -3.41. The first kappa shape index (κ1) is 15.1. The van der Waals surface area contributed by atoms with Gasteiger partial charge in [0.05, 0.1) is 17.4 Å². The maximum absolute atomic E-state index is 5.80. The highest BCUT2D eigenvalue weighted by Gasteiger charge is 2.07. The zero-order valence-electron chi connectivity index (χ0n) is 14.0. The van der Waals surface area contributed by atoms with Gasteiger partial charge in [-0.05, 0) is 37.3 Å². The van der Waals surface area contributed by atoms with Crippen molar-refractivity contribution in [3.8, 4) is 11.6 Å². The summed E-state index contributed by atoms with van der Waals surface area (Å²) in [7, 11) is 1.97. The van der Waals surface area contributed by atoms with Gasteiger partial charge in [-0.2, -0.15) is 4.98 Å². The molecule has 2 aromatic carbocycles. The van der Waals surface area contributed by atoms with Gasteiger partial charge in [0.1, 0.15) is 5.75 Å². The Morgan fingerprint density at radius 2 is 1.84 bits per heavy atom. The van der Waals surface area contributed by atoms with Gasteiger partial charge in [-0.3, -0.25) is 0 Å². The molecule has 0 aliphatic heterocycles. The van der Waals surface area contributed by atoms with Crippen molar-refractivity contribution in [1.82, 2.24) is 19.5 Å². The lowest BCUT2D eigenvalue weighted by atomic mass is 10.3. The van der Waals surface area contributed by atoms with Gasteiger partial charge in [-0.1, -0.05) is 18.2 Å². The second-order valence-corrected chi connectivity index (χ2v) is 5.77. The van der Waals surface area contributed by atoms with Gasteiger partial charge in [0.2, 0.25) is 11.8 Å². The lowest BCUT2D eigenvalue weighted by Crippen LogP contribution is -2.00. The Morgan fingerprint density at radius 1 is 1.00 bits per heavy atom. The number of rotatable bonds is 4. The van der Waals surface area contributed by atoms with E-state index in [0.29, 0.717) is 11.8 Å². The molecule has 6 nitrogen and oxygen atoms in total. The molecule has 0 spiro atoms. The molecule has 0 atom stereocenters. The Morgan fingerprint density at radius 3 is 2.68 bits per heavy atom. The maximum Gasteiger partial charge on any atom is 0.230 e. The van der Waals surface area contributed by atoms with Crippen LogP contribution in [0.25, 0.3) is 11.0 Å². The Balaban J connectivity index is 1.60. The lowest BCUT2D eigenvalue weighted by Gasteiger charge is -2.09. The summed E-state index contributed by atoms with van der Waals surface area (Å²) in [5, 5.41) is 3.22. The van der Waals surface area contributed by atoms with E-state index in [1.807, 2.05) is 67.1 Å². The molecular formula is C19H17N5O. The smallest absolute Gasteiger partial charge is 0.230 e. The van der Waals surface area contributed by atoms with Crippen LogP contribution in [0.2, 0.25) is 0 Å². The topological polar surface area (TPSA) is 64.9 Å². The van der Waals surface area contributed by atoms with Crippen LogP contribution in [-0.4, -0.2) is 19.5 Å². The van der Waals surface area contributed by atoms with Crippen molar-refractivity contribution in [3.63, 3.8) is 0 Å². The summed E-state index contributed by atoms with van der Waals surface area (Å²) in [5.41, 5.74) is 3.69. The number of hydrogen-bond acceptors (Lipinski definition) is 5. The fourth-order valence-corrected chi connectivity index (χ4v) is 2.60. The minimum Gasteiger partial charge on any atom is -0.439 e. The highest BCUT2D eigenvalue weighted by Crippen LogP contribution is 2.23. The molecule has 0 saturated carbocycles. The van der Waals surface area contributed by atoms with Gasteiger partial charge in [-0.15, -0.1) is 0 Å². The summed E-state index contributed by atoms with van der Waals surface area (Å²) in [4.78, 5) is 13.2. The number of aryl methyl sites for hydroxylation is 2. The number of nitrogens with one attached hydrogen (secondary N) is 1. The molecule has 4 aromatic rings.